The minimum atomic E-state index is -0.886. The summed E-state index contributed by atoms with van der Waals surface area (Å²) in [5.74, 6) is -0.348. The maximum absolute atomic E-state index is 13.2. The largest absolute Gasteiger partial charge is 0.324 e. The van der Waals surface area contributed by atoms with Crippen molar-refractivity contribution >= 4 is 40.6 Å². The van der Waals surface area contributed by atoms with Gasteiger partial charge in [-0.1, -0.05) is 35.9 Å². The fraction of sp³-hybridized carbons (Fsp3) is 0.167. The van der Waals surface area contributed by atoms with Crippen LogP contribution in [0.5, 0.6) is 0 Å². The van der Waals surface area contributed by atoms with Crippen molar-refractivity contribution in [3.05, 3.63) is 88.9 Å². The van der Waals surface area contributed by atoms with Crippen LogP contribution in [0.25, 0.3) is 0 Å². The molecule has 0 fully saturated rings. The number of anilines is 3. The highest BCUT2D eigenvalue weighted by Crippen LogP contribution is 2.21. The van der Waals surface area contributed by atoms with Crippen molar-refractivity contribution in [2.75, 3.05) is 30.2 Å². The number of hydrazine groups is 1. The number of nitrogens with zero attached hydrogens (tertiary/aromatic N) is 1. The van der Waals surface area contributed by atoms with Gasteiger partial charge in [-0.15, -0.1) is 0 Å². The van der Waals surface area contributed by atoms with Crippen LogP contribution in [0, 0.1) is 6.92 Å². The predicted molar refractivity (Wildman–Crippen MR) is 130 cm³/mol. The van der Waals surface area contributed by atoms with E-state index < -0.39 is 12.1 Å². The molecule has 0 spiro atoms. The van der Waals surface area contributed by atoms with E-state index in [1.54, 1.807) is 36.4 Å². The monoisotopic (exact) mass is 451 g/mol. The standard InChI is InChI=1S/C24H26ClN5O2/c1-16-6-4-5-7-21(16)22(28-24(32)27-19-10-8-17(25)9-11-19)23(31)26-18-12-14-20(15-13-18)29-30(2)3/h4-15,22,29H,1-3H3,(H,26,31)(H2,27,28,32). The number of hydrogen-bond acceptors (Lipinski definition) is 4. The van der Waals surface area contributed by atoms with Crippen LogP contribution >= 0.6 is 11.6 Å². The molecule has 0 aliphatic rings. The lowest BCUT2D eigenvalue weighted by Crippen LogP contribution is -2.39. The molecule has 0 radical (unpaired) electrons. The summed E-state index contributed by atoms with van der Waals surface area (Å²) in [4.78, 5) is 25.8. The highest BCUT2D eigenvalue weighted by molar-refractivity contribution is 6.30. The van der Waals surface area contributed by atoms with E-state index >= 15 is 0 Å². The normalized spacial score (nSPS) is 11.5. The number of nitrogens with one attached hydrogen (secondary N) is 4. The van der Waals surface area contributed by atoms with Gasteiger partial charge in [0.05, 0.1) is 0 Å². The molecule has 1 atom stereocenters. The van der Waals surface area contributed by atoms with Crippen LogP contribution in [0.1, 0.15) is 17.2 Å². The first kappa shape index (κ1) is 23.1. The second-order valence-corrected chi connectivity index (χ2v) is 7.90. The smallest absolute Gasteiger partial charge is 0.320 e. The van der Waals surface area contributed by atoms with Crippen molar-refractivity contribution in [1.29, 1.82) is 0 Å². The van der Waals surface area contributed by atoms with Gasteiger partial charge < -0.3 is 21.4 Å². The van der Waals surface area contributed by atoms with Gasteiger partial charge in [0.25, 0.3) is 5.91 Å². The van der Waals surface area contributed by atoms with Crippen molar-refractivity contribution in [2.45, 2.75) is 13.0 Å². The Hall–Kier alpha value is -3.55. The summed E-state index contributed by atoms with van der Waals surface area (Å²) in [6, 6.07) is 20.1. The molecule has 0 aliphatic carbocycles. The molecule has 1 unspecified atom stereocenters. The maximum atomic E-state index is 13.2. The summed E-state index contributed by atoms with van der Waals surface area (Å²) < 4.78 is 0. The van der Waals surface area contributed by atoms with Gasteiger partial charge in [0.15, 0.2) is 0 Å². The van der Waals surface area contributed by atoms with Crippen molar-refractivity contribution in [2.24, 2.45) is 0 Å². The summed E-state index contributed by atoms with van der Waals surface area (Å²) in [6.07, 6.45) is 0. The molecule has 0 aliphatic heterocycles. The second kappa shape index (κ2) is 10.7. The Morgan fingerprint density at radius 1 is 0.812 bits per heavy atom. The van der Waals surface area contributed by atoms with E-state index in [1.807, 2.05) is 62.4 Å². The van der Waals surface area contributed by atoms with Gasteiger partial charge >= 0.3 is 6.03 Å². The van der Waals surface area contributed by atoms with E-state index in [1.165, 1.54) is 0 Å². The Balaban J connectivity index is 1.76. The summed E-state index contributed by atoms with van der Waals surface area (Å²) in [5, 5.41) is 10.8. The van der Waals surface area contributed by atoms with Crippen LogP contribution < -0.4 is 21.4 Å². The van der Waals surface area contributed by atoms with Gasteiger partial charge in [0.1, 0.15) is 6.04 Å². The molecule has 0 aromatic heterocycles. The van der Waals surface area contributed by atoms with Crippen LogP contribution in [0.3, 0.4) is 0 Å². The van der Waals surface area contributed by atoms with Crippen molar-refractivity contribution in [3.63, 3.8) is 0 Å². The number of halogens is 1. The third kappa shape index (κ3) is 6.47. The Bertz CT molecular complexity index is 1070. The average Bonchev–Trinajstić information content (AvgIpc) is 2.75. The summed E-state index contributed by atoms with van der Waals surface area (Å²) in [5.41, 5.74) is 6.83. The van der Waals surface area contributed by atoms with Gasteiger partial charge in [-0.2, -0.15) is 0 Å². The van der Waals surface area contributed by atoms with Crippen LogP contribution in [0.15, 0.2) is 72.8 Å². The van der Waals surface area contributed by atoms with Gasteiger partial charge in [-0.05, 0) is 66.6 Å². The molecule has 7 nitrogen and oxygen atoms in total. The van der Waals surface area contributed by atoms with Gasteiger partial charge in [0, 0.05) is 36.2 Å². The number of urea groups is 1. The SMILES string of the molecule is Cc1ccccc1C(NC(=O)Nc1ccc(Cl)cc1)C(=O)Nc1ccc(NN(C)C)cc1. The lowest BCUT2D eigenvalue weighted by atomic mass is 10.0. The second-order valence-electron chi connectivity index (χ2n) is 7.47. The maximum Gasteiger partial charge on any atom is 0.320 e. The molecule has 0 bridgehead atoms. The fourth-order valence-electron chi connectivity index (χ4n) is 3.13. The van der Waals surface area contributed by atoms with Crippen molar-refractivity contribution < 1.29 is 9.59 Å². The first-order valence-corrected chi connectivity index (χ1v) is 10.4. The molecule has 166 valence electrons. The summed E-state index contributed by atoms with van der Waals surface area (Å²) in [6.45, 7) is 1.90. The summed E-state index contributed by atoms with van der Waals surface area (Å²) >= 11 is 5.90. The molecule has 3 rings (SSSR count). The fourth-order valence-corrected chi connectivity index (χ4v) is 3.25. The zero-order valence-electron chi connectivity index (χ0n) is 18.1. The van der Waals surface area contributed by atoms with E-state index in [0.717, 1.165) is 11.3 Å². The Morgan fingerprint density at radius 2 is 1.38 bits per heavy atom. The third-order valence-electron chi connectivity index (χ3n) is 4.64. The van der Waals surface area contributed by atoms with Crippen molar-refractivity contribution in [1.82, 2.24) is 10.3 Å². The Labute approximate surface area is 192 Å². The van der Waals surface area contributed by atoms with E-state index in [2.05, 4.69) is 21.4 Å². The number of aryl methyl sites for hydroxylation is 1. The predicted octanol–water partition coefficient (Wildman–Crippen LogP) is 5.04. The van der Waals surface area contributed by atoms with Crippen molar-refractivity contribution in [3.8, 4) is 0 Å². The lowest BCUT2D eigenvalue weighted by molar-refractivity contribution is -0.118. The van der Waals surface area contributed by atoms with E-state index in [4.69, 9.17) is 11.6 Å². The summed E-state index contributed by atoms with van der Waals surface area (Å²) in [7, 11) is 3.78. The van der Waals surface area contributed by atoms with Crippen LogP contribution in [0.4, 0.5) is 21.9 Å². The number of carbonyl (C=O) groups excluding carboxylic acids is 2. The molecule has 3 amide bonds. The average molecular weight is 452 g/mol. The van der Waals surface area contributed by atoms with E-state index in [0.29, 0.717) is 22.0 Å². The molecule has 3 aromatic carbocycles. The molecular formula is C24H26ClN5O2. The van der Waals surface area contributed by atoms with Gasteiger partial charge in [-0.25, -0.2) is 9.80 Å². The van der Waals surface area contributed by atoms with Gasteiger partial charge in [-0.3, -0.25) is 4.79 Å². The van der Waals surface area contributed by atoms with Crippen LogP contribution in [-0.4, -0.2) is 31.0 Å². The molecule has 0 saturated heterocycles. The third-order valence-corrected chi connectivity index (χ3v) is 4.90. The molecule has 3 aromatic rings. The molecule has 8 heteroatoms. The Morgan fingerprint density at radius 3 is 2.00 bits per heavy atom. The number of benzene rings is 3. The molecular weight excluding hydrogens is 426 g/mol. The molecule has 4 N–H and O–H groups in total. The quantitative estimate of drug-likeness (QED) is 0.379. The molecule has 32 heavy (non-hydrogen) atoms. The lowest BCUT2D eigenvalue weighted by Gasteiger charge is -2.21. The van der Waals surface area contributed by atoms with Crippen LogP contribution in [0.2, 0.25) is 5.02 Å². The molecule has 0 heterocycles. The van der Waals surface area contributed by atoms with Gasteiger partial charge in [0.2, 0.25) is 0 Å². The number of amides is 3. The van der Waals surface area contributed by atoms with E-state index in [9.17, 15) is 9.59 Å². The highest BCUT2D eigenvalue weighted by atomic mass is 35.5. The topological polar surface area (TPSA) is 85.5 Å². The minimum absolute atomic E-state index is 0.348. The highest BCUT2D eigenvalue weighted by Gasteiger charge is 2.24. The first-order chi connectivity index (χ1) is 15.3. The molecule has 0 saturated carbocycles. The number of rotatable bonds is 7. The zero-order chi connectivity index (χ0) is 23.1. The van der Waals surface area contributed by atoms with E-state index in [-0.39, 0.29) is 5.91 Å². The number of hydrogen-bond donors (Lipinski definition) is 4. The Kier molecular flexibility index (Phi) is 7.70. The van der Waals surface area contributed by atoms with Crippen LogP contribution in [-0.2, 0) is 4.79 Å². The first-order valence-electron chi connectivity index (χ1n) is 10.1. The minimum Gasteiger partial charge on any atom is -0.324 e. The zero-order valence-corrected chi connectivity index (χ0v) is 18.9. The number of carbonyl (C=O) groups is 2.